The molecule has 4 heteroatoms. The molecule has 0 radical (unpaired) electrons. The molecular weight excluding hydrogens is 264 g/mol. The maximum Gasteiger partial charge on any atom is 0.246 e. The molecule has 3 fully saturated rings. The summed E-state index contributed by atoms with van der Waals surface area (Å²) in [5.74, 6) is 1.32. The molecule has 4 atom stereocenters. The van der Waals surface area contributed by atoms with Gasteiger partial charge in [-0.2, -0.15) is 0 Å². The molecule has 1 heterocycles. The Morgan fingerprint density at radius 2 is 1.76 bits per heavy atom. The molecule has 3 aliphatic rings. The monoisotopic (exact) mass is 292 g/mol. The maximum absolute atomic E-state index is 13.0. The third-order valence-electron chi connectivity index (χ3n) is 5.54. The summed E-state index contributed by atoms with van der Waals surface area (Å²) in [6.45, 7) is 6.35. The van der Waals surface area contributed by atoms with E-state index in [2.05, 4.69) is 26.1 Å². The minimum atomic E-state index is -0.280. The van der Waals surface area contributed by atoms with Crippen LogP contribution in [0.5, 0.6) is 0 Å². The van der Waals surface area contributed by atoms with Gasteiger partial charge in [0.1, 0.15) is 12.1 Å². The van der Waals surface area contributed by atoms with E-state index in [0.717, 1.165) is 19.3 Å². The van der Waals surface area contributed by atoms with E-state index >= 15 is 0 Å². The van der Waals surface area contributed by atoms with Gasteiger partial charge in [0.05, 0.1) is 0 Å². The minimum absolute atomic E-state index is 0.0688. The molecule has 4 unspecified atom stereocenters. The van der Waals surface area contributed by atoms with Crippen LogP contribution in [0.3, 0.4) is 0 Å². The molecular formula is C17H28N2O2. The van der Waals surface area contributed by atoms with Gasteiger partial charge in [0, 0.05) is 6.04 Å². The number of carbonyl (C=O) groups is 2. The van der Waals surface area contributed by atoms with Crippen molar-refractivity contribution in [3.8, 4) is 0 Å². The highest BCUT2D eigenvalue weighted by Gasteiger charge is 2.50. The van der Waals surface area contributed by atoms with Gasteiger partial charge in [-0.05, 0) is 43.4 Å². The van der Waals surface area contributed by atoms with Crippen molar-refractivity contribution in [2.75, 3.05) is 0 Å². The predicted molar refractivity (Wildman–Crippen MR) is 81.5 cm³/mol. The van der Waals surface area contributed by atoms with Crippen LogP contribution < -0.4 is 5.32 Å². The fourth-order valence-corrected chi connectivity index (χ4v) is 4.18. The number of nitrogens with zero attached hydrogens (tertiary/aromatic N) is 1. The Hall–Kier alpha value is -1.06. The van der Waals surface area contributed by atoms with Gasteiger partial charge in [0.25, 0.3) is 0 Å². The first kappa shape index (κ1) is 14.9. The number of nitrogens with one attached hydrogen (secondary N) is 1. The average molecular weight is 292 g/mol. The Morgan fingerprint density at radius 3 is 2.33 bits per heavy atom. The van der Waals surface area contributed by atoms with E-state index in [0.29, 0.717) is 11.8 Å². The fraction of sp³-hybridized carbons (Fsp3) is 0.882. The molecule has 2 saturated carbocycles. The molecule has 1 saturated heterocycles. The molecule has 0 aromatic carbocycles. The van der Waals surface area contributed by atoms with E-state index in [-0.39, 0.29) is 35.9 Å². The quantitative estimate of drug-likeness (QED) is 0.868. The van der Waals surface area contributed by atoms with Crippen LogP contribution in [0.25, 0.3) is 0 Å². The van der Waals surface area contributed by atoms with Gasteiger partial charge in [-0.3, -0.25) is 9.59 Å². The van der Waals surface area contributed by atoms with Crippen molar-refractivity contribution in [1.82, 2.24) is 10.2 Å². The number of amides is 2. The highest BCUT2D eigenvalue weighted by atomic mass is 16.2. The van der Waals surface area contributed by atoms with Gasteiger partial charge in [-0.1, -0.05) is 33.6 Å². The average Bonchev–Trinajstić information content (AvgIpc) is 3.25. The maximum atomic E-state index is 13.0. The summed E-state index contributed by atoms with van der Waals surface area (Å²) < 4.78 is 0. The third-order valence-corrected chi connectivity index (χ3v) is 5.54. The lowest BCUT2D eigenvalue weighted by Crippen LogP contribution is -2.68. The van der Waals surface area contributed by atoms with Crippen molar-refractivity contribution in [1.29, 1.82) is 0 Å². The van der Waals surface area contributed by atoms with Crippen molar-refractivity contribution in [2.24, 2.45) is 17.8 Å². The lowest BCUT2D eigenvalue weighted by molar-refractivity contribution is -0.157. The summed E-state index contributed by atoms with van der Waals surface area (Å²) in [6, 6.07) is -0.273. The third kappa shape index (κ3) is 2.69. The van der Waals surface area contributed by atoms with Crippen molar-refractivity contribution >= 4 is 11.8 Å². The molecule has 4 nitrogen and oxygen atoms in total. The van der Waals surface area contributed by atoms with Crippen molar-refractivity contribution in [2.45, 2.75) is 77.4 Å². The van der Waals surface area contributed by atoms with Crippen LogP contribution in [-0.4, -0.2) is 34.8 Å². The van der Waals surface area contributed by atoms with E-state index in [4.69, 9.17) is 0 Å². The molecule has 0 spiro atoms. The van der Waals surface area contributed by atoms with Gasteiger partial charge in [0.15, 0.2) is 0 Å². The molecule has 1 aliphatic heterocycles. The zero-order valence-electron chi connectivity index (χ0n) is 13.5. The van der Waals surface area contributed by atoms with Crippen molar-refractivity contribution < 1.29 is 9.59 Å². The van der Waals surface area contributed by atoms with Crippen LogP contribution in [0.2, 0.25) is 0 Å². The molecule has 2 amide bonds. The molecule has 3 rings (SSSR count). The molecule has 0 aromatic rings. The van der Waals surface area contributed by atoms with Crippen molar-refractivity contribution in [3.05, 3.63) is 0 Å². The van der Waals surface area contributed by atoms with E-state index in [1.807, 2.05) is 4.90 Å². The lowest BCUT2D eigenvalue weighted by atomic mass is 9.82. The van der Waals surface area contributed by atoms with Crippen LogP contribution in [0.4, 0.5) is 0 Å². The number of hydrogen-bond acceptors (Lipinski definition) is 2. The summed E-state index contributed by atoms with van der Waals surface area (Å²) >= 11 is 0. The van der Waals surface area contributed by atoms with Gasteiger partial charge in [-0.25, -0.2) is 0 Å². The Kier molecular flexibility index (Phi) is 3.98. The number of rotatable bonds is 3. The summed E-state index contributed by atoms with van der Waals surface area (Å²) in [5.41, 5.74) is 0. The predicted octanol–water partition coefficient (Wildman–Crippen LogP) is 2.33. The largest absolute Gasteiger partial charge is 0.342 e. The number of hydrogen-bond donors (Lipinski definition) is 1. The first-order chi connectivity index (χ1) is 10.0. The SMILES string of the molecule is CC(C)C1C(=O)NC(C2CC2)C(=O)N1C1CCCCC1C. The smallest absolute Gasteiger partial charge is 0.246 e. The van der Waals surface area contributed by atoms with Gasteiger partial charge in [-0.15, -0.1) is 0 Å². The van der Waals surface area contributed by atoms with Crippen LogP contribution in [0, 0.1) is 17.8 Å². The van der Waals surface area contributed by atoms with E-state index in [1.54, 1.807) is 0 Å². The van der Waals surface area contributed by atoms with E-state index < -0.39 is 0 Å². The molecule has 1 N–H and O–H groups in total. The topological polar surface area (TPSA) is 49.4 Å². The van der Waals surface area contributed by atoms with Gasteiger partial charge >= 0.3 is 0 Å². The van der Waals surface area contributed by atoms with Crippen LogP contribution >= 0.6 is 0 Å². The summed E-state index contributed by atoms with van der Waals surface area (Å²) in [4.78, 5) is 27.6. The Morgan fingerprint density at radius 1 is 1.10 bits per heavy atom. The first-order valence-electron chi connectivity index (χ1n) is 8.63. The first-order valence-corrected chi connectivity index (χ1v) is 8.63. The Labute approximate surface area is 127 Å². The highest BCUT2D eigenvalue weighted by molar-refractivity contribution is 5.97. The Balaban J connectivity index is 1.89. The highest BCUT2D eigenvalue weighted by Crippen LogP contribution is 2.38. The van der Waals surface area contributed by atoms with Crippen LogP contribution in [0.15, 0.2) is 0 Å². The second-order valence-corrected chi connectivity index (χ2v) is 7.59. The second-order valence-electron chi connectivity index (χ2n) is 7.59. The lowest BCUT2D eigenvalue weighted by Gasteiger charge is -2.48. The van der Waals surface area contributed by atoms with Crippen LogP contribution in [0.1, 0.15) is 59.3 Å². The summed E-state index contributed by atoms with van der Waals surface area (Å²) in [7, 11) is 0. The molecule has 0 aromatic heterocycles. The van der Waals surface area contributed by atoms with Crippen molar-refractivity contribution in [3.63, 3.8) is 0 Å². The fourth-order valence-electron chi connectivity index (χ4n) is 4.18. The Bertz CT molecular complexity index is 431. The van der Waals surface area contributed by atoms with Crippen LogP contribution in [-0.2, 0) is 9.59 Å². The standard InChI is InChI=1S/C17H28N2O2/c1-10(2)15-16(20)18-14(12-8-9-12)17(21)19(15)13-7-5-4-6-11(13)3/h10-15H,4-9H2,1-3H3,(H,18,20). The minimum Gasteiger partial charge on any atom is -0.342 e. The second kappa shape index (κ2) is 5.62. The zero-order valence-corrected chi connectivity index (χ0v) is 13.5. The molecule has 21 heavy (non-hydrogen) atoms. The summed E-state index contributed by atoms with van der Waals surface area (Å²) in [5, 5.41) is 3.01. The summed E-state index contributed by atoms with van der Waals surface area (Å²) in [6.07, 6.45) is 6.83. The van der Waals surface area contributed by atoms with Gasteiger partial charge in [0.2, 0.25) is 11.8 Å². The number of piperazine rings is 1. The van der Waals surface area contributed by atoms with Gasteiger partial charge < -0.3 is 10.2 Å². The molecule has 2 aliphatic carbocycles. The van der Waals surface area contributed by atoms with E-state index in [9.17, 15) is 9.59 Å². The molecule has 118 valence electrons. The normalized spacial score (nSPS) is 37.8. The zero-order chi connectivity index (χ0) is 15.1. The molecule has 0 bridgehead atoms. The number of carbonyl (C=O) groups excluding carboxylic acids is 2. The van der Waals surface area contributed by atoms with E-state index in [1.165, 1.54) is 19.3 Å².